The molecule has 0 saturated carbocycles. The number of carbonyl (C=O) groups is 3. The van der Waals surface area contributed by atoms with Crippen LogP contribution in [0.3, 0.4) is 0 Å². The lowest BCUT2D eigenvalue weighted by Crippen LogP contribution is -2.50. The maximum Gasteiger partial charge on any atom is 0.306 e. The second kappa shape index (κ2) is 12.3. The molecule has 0 bridgehead atoms. The van der Waals surface area contributed by atoms with Crippen molar-refractivity contribution in [2.75, 3.05) is 13.2 Å². The molecule has 9 heteroatoms. The Morgan fingerprint density at radius 2 is 1.47 bits per heavy atom. The van der Waals surface area contributed by atoms with Crippen LogP contribution in [0.25, 0.3) is 0 Å². The number of aliphatic carboxylic acids is 2. The fourth-order valence-corrected chi connectivity index (χ4v) is 5.87. The smallest absolute Gasteiger partial charge is 0.306 e. The summed E-state index contributed by atoms with van der Waals surface area (Å²) in [6.07, 6.45) is -1.13. The van der Waals surface area contributed by atoms with Crippen molar-refractivity contribution < 1.29 is 43.5 Å². The molecular formula is C25H42O9. The van der Waals surface area contributed by atoms with E-state index in [1.54, 1.807) is 0 Å². The molecule has 2 rings (SSSR count). The Hall–Kier alpha value is -1.71. The zero-order valence-corrected chi connectivity index (χ0v) is 21.3. The van der Waals surface area contributed by atoms with Gasteiger partial charge in [0.1, 0.15) is 18.3 Å². The quantitative estimate of drug-likeness (QED) is 0.354. The summed E-state index contributed by atoms with van der Waals surface area (Å²) < 4.78 is 24.0. The van der Waals surface area contributed by atoms with Gasteiger partial charge in [0, 0.05) is 6.42 Å². The molecule has 0 aromatic rings. The molecule has 34 heavy (non-hydrogen) atoms. The minimum Gasteiger partial charge on any atom is -0.481 e. The van der Waals surface area contributed by atoms with Crippen LogP contribution in [0, 0.1) is 23.7 Å². The fourth-order valence-electron chi connectivity index (χ4n) is 5.87. The largest absolute Gasteiger partial charge is 0.481 e. The summed E-state index contributed by atoms with van der Waals surface area (Å²) in [4.78, 5) is 34.2. The molecule has 0 radical (unpaired) electrons. The number of carbonyl (C=O) groups excluding carboxylic acids is 1. The molecule has 7 atom stereocenters. The van der Waals surface area contributed by atoms with Gasteiger partial charge in [-0.2, -0.15) is 0 Å². The van der Waals surface area contributed by atoms with Crippen molar-refractivity contribution in [3.8, 4) is 0 Å². The molecule has 2 aliphatic rings. The van der Waals surface area contributed by atoms with Crippen LogP contribution in [-0.2, 0) is 33.3 Å². The number of esters is 1. The number of ether oxygens (including phenoxy) is 4. The number of fused-ring (bicyclic) bond motifs is 1. The molecule has 0 spiro atoms. The zero-order valence-electron chi connectivity index (χ0n) is 21.3. The summed E-state index contributed by atoms with van der Waals surface area (Å²) in [6.45, 7) is 13.3. The predicted octanol–water partition coefficient (Wildman–Crippen LogP) is 3.52. The number of carboxylic acid groups (broad SMARTS) is 2. The molecule has 2 aliphatic heterocycles. The SMILES string of the molecule is CCC(C(C)C)C(C(C)C)C(C)(CCC(=O)O)O[C@H]1CO[C@H]2[C@@H]1OC[C@@H]2OC(=O)CCC(=O)O. The third-order valence-corrected chi connectivity index (χ3v) is 7.26. The summed E-state index contributed by atoms with van der Waals surface area (Å²) in [5.74, 6) is -1.35. The maximum atomic E-state index is 12.0. The van der Waals surface area contributed by atoms with E-state index in [2.05, 4.69) is 34.6 Å². The first-order valence-electron chi connectivity index (χ1n) is 12.4. The summed E-state index contributed by atoms with van der Waals surface area (Å²) in [5, 5.41) is 18.2. The Bertz CT molecular complexity index is 706. The van der Waals surface area contributed by atoms with Crippen molar-refractivity contribution in [1.29, 1.82) is 0 Å². The average Bonchev–Trinajstić information content (AvgIpc) is 3.31. The van der Waals surface area contributed by atoms with E-state index in [1.807, 2.05) is 6.92 Å². The van der Waals surface area contributed by atoms with E-state index in [4.69, 9.17) is 24.1 Å². The highest BCUT2D eigenvalue weighted by Crippen LogP contribution is 2.44. The lowest BCUT2D eigenvalue weighted by molar-refractivity contribution is -0.175. The van der Waals surface area contributed by atoms with Gasteiger partial charge in [0.05, 0.1) is 31.7 Å². The van der Waals surface area contributed by atoms with Crippen LogP contribution >= 0.6 is 0 Å². The molecule has 2 N–H and O–H groups in total. The number of rotatable bonds is 14. The van der Waals surface area contributed by atoms with E-state index in [0.29, 0.717) is 18.3 Å². The number of hydrogen-bond acceptors (Lipinski definition) is 7. The second-order valence-electron chi connectivity index (χ2n) is 10.5. The van der Waals surface area contributed by atoms with E-state index in [9.17, 15) is 19.5 Å². The van der Waals surface area contributed by atoms with Gasteiger partial charge < -0.3 is 29.2 Å². The van der Waals surface area contributed by atoms with E-state index in [0.717, 1.165) is 6.42 Å². The Morgan fingerprint density at radius 3 is 1.97 bits per heavy atom. The van der Waals surface area contributed by atoms with Crippen LogP contribution in [0.15, 0.2) is 0 Å². The maximum absolute atomic E-state index is 12.0. The molecule has 0 aromatic heterocycles. The Labute approximate surface area is 202 Å². The van der Waals surface area contributed by atoms with Crippen LogP contribution in [0.2, 0.25) is 0 Å². The van der Waals surface area contributed by atoms with E-state index in [-0.39, 0.29) is 44.3 Å². The molecule has 2 saturated heterocycles. The van der Waals surface area contributed by atoms with Gasteiger partial charge in [-0.05, 0) is 37.0 Å². The molecule has 3 unspecified atom stereocenters. The molecule has 0 aromatic carbocycles. The average molecular weight is 487 g/mol. The highest BCUT2D eigenvalue weighted by Gasteiger charge is 2.53. The number of carboxylic acids is 2. The van der Waals surface area contributed by atoms with Gasteiger partial charge in [-0.1, -0.05) is 41.0 Å². The monoisotopic (exact) mass is 486 g/mol. The Balaban J connectivity index is 2.17. The van der Waals surface area contributed by atoms with Crippen LogP contribution < -0.4 is 0 Å². The van der Waals surface area contributed by atoms with Gasteiger partial charge in [-0.3, -0.25) is 14.4 Å². The molecule has 0 aliphatic carbocycles. The first kappa shape index (κ1) is 28.5. The summed E-state index contributed by atoms with van der Waals surface area (Å²) >= 11 is 0. The third-order valence-electron chi connectivity index (χ3n) is 7.26. The van der Waals surface area contributed by atoms with Crippen molar-refractivity contribution in [2.45, 2.75) is 104 Å². The molecule has 9 nitrogen and oxygen atoms in total. The summed E-state index contributed by atoms with van der Waals surface area (Å²) in [6, 6.07) is 0. The number of hydrogen-bond donors (Lipinski definition) is 2. The molecule has 196 valence electrons. The lowest BCUT2D eigenvalue weighted by Gasteiger charge is -2.47. The summed E-state index contributed by atoms with van der Waals surface area (Å²) in [7, 11) is 0. The van der Waals surface area contributed by atoms with Crippen molar-refractivity contribution in [1.82, 2.24) is 0 Å². The third kappa shape index (κ3) is 7.15. The van der Waals surface area contributed by atoms with Crippen molar-refractivity contribution in [3.05, 3.63) is 0 Å². The minimum absolute atomic E-state index is 0.000590. The normalized spacial score (nSPS) is 27.9. The first-order chi connectivity index (χ1) is 15.9. The van der Waals surface area contributed by atoms with Gasteiger partial charge >= 0.3 is 17.9 Å². The predicted molar refractivity (Wildman–Crippen MR) is 123 cm³/mol. The first-order valence-corrected chi connectivity index (χ1v) is 12.4. The van der Waals surface area contributed by atoms with Crippen LogP contribution in [0.5, 0.6) is 0 Å². The second-order valence-corrected chi connectivity index (χ2v) is 10.5. The van der Waals surface area contributed by atoms with Crippen LogP contribution in [0.4, 0.5) is 0 Å². The highest BCUT2D eigenvalue weighted by atomic mass is 16.7. The fraction of sp³-hybridized carbons (Fsp3) is 0.880. The van der Waals surface area contributed by atoms with Crippen molar-refractivity contribution in [2.24, 2.45) is 23.7 Å². The van der Waals surface area contributed by atoms with Crippen molar-refractivity contribution in [3.63, 3.8) is 0 Å². The highest BCUT2D eigenvalue weighted by molar-refractivity contribution is 5.76. The van der Waals surface area contributed by atoms with E-state index in [1.165, 1.54) is 0 Å². The topological polar surface area (TPSA) is 129 Å². The van der Waals surface area contributed by atoms with Gasteiger partial charge in [0.2, 0.25) is 0 Å². The van der Waals surface area contributed by atoms with E-state index >= 15 is 0 Å². The van der Waals surface area contributed by atoms with E-state index < -0.39 is 47.9 Å². The molecular weight excluding hydrogens is 444 g/mol. The molecule has 0 amide bonds. The molecule has 2 heterocycles. The molecule has 2 fully saturated rings. The van der Waals surface area contributed by atoms with Gasteiger partial charge in [0.25, 0.3) is 0 Å². The minimum atomic E-state index is -1.06. The standard InChI is InChI=1S/C25H42O9/c1-7-16(14(2)3)22(15(4)5)25(6,11-10-20(28)29)34-18-13-32-23-17(12-31-24(18)23)33-21(30)9-8-19(26)27/h14-18,22-24H,7-13H2,1-6H3,(H,26,27)(H,28,29)/t16?,17-,18-,22?,23+,24+,25?/m0/s1. The van der Waals surface area contributed by atoms with Crippen molar-refractivity contribution >= 4 is 17.9 Å². The Morgan fingerprint density at radius 1 is 0.912 bits per heavy atom. The Kier molecular flexibility index (Phi) is 10.3. The lowest BCUT2D eigenvalue weighted by atomic mass is 9.66. The zero-order chi connectivity index (χ0) is 25.6. The van der Waals surface area contributed by atoms with Gasteiger partial charge in [-0.25, -0.2) is 0 Å². The van der Waals surface area contributed by atoms with Crippen LogP contribution in [-0.4, -0.2) is 71.4 Å². The van der Waals surface area contributed by atoms with Crippen LogP contribution in [0.1, 0.15) is 73.6 Å². The van der Waals surface area contributed by atoms with Gasteiger partial charge in [-0.15, -0.1) is 0 Å². The summed E-state index contributed by atoms with van der Waals surface area (Å²) in [5.41, 5.74) is -0.708. The van der Waals surface area contributed by atoms with Gasteiger partial charge in [0.15, 0.2) is 6.10 Å².